The second kappa shape index (κ2) is 10.4. The van der Waals surface area contributed by atoms with Crippen LogP contribution in [0, 0.1) is 6.17 Å². The van der Waals surface area contributed by atoms with Gasteiger partial charge in [-0.05, 0) is 6.42 Å². The van der Waals surface area contributed by atoms with Gasteiger partial charge in [0.1, 0.15) is 0 Å². The van der Waals surface area contributed by atoms with Gasteiger partial charge in [-0.3, -0.25) is 0 Å². The highest BCUT2D eigenvalue weighted by Gasteiger charge is 2.14. The minimum atomic E-state index is 1.02. The predicted molar refractivity (Wildman–Crippen MR) is 76.7 cm³/mol. The van der Waals surface area contributed by atoms with Gasteiger partial charge in [-0.25, -0.2) is 0 Å². The Morgan fingerprint density at radius 2 is 1.18 bits per heavy atom. The molecular formula is C15H27N2+. The van der Waals surface area contributed by atoms with Crippen LogP contribution < -0.4 is 0 Å². The molecule has 0 bridgehead atoms. The molecule has 0 aromatic heterocycles. The minimum Gasteiger partial charge on any atom is -0.0968 e. The first-order valence-corrected chi connectivity index (χ1v) is 7.36. The Bertz CT molecular complexity index is 209. The fraction of sp³-hybridized carbons (Fsp3) is 0.800. The zero-order chi connectivity index (χ0) is 12.2. The Balaban J connectivity index is 1.72. The molecule has 0 unspecified atom stereocenters. The lowest BCUT2D eigenvalue weighted by molar-refractivity contribution is 0.550. The van der Waals surface area contributed by atoms with Gasteiger partial charge in [0.05, 0.1) is 6.42 Å². The number of hydrogen-bond acceptors (Lipinski definition) is 2. The van der Waals surface area contributed by atoms with Crippen LogP contribution in [0.5, 0.6) is 0 Å². The lowest BCUT2D eigenvalue weighted by atomic mass is 10.1. The van der Waals surface area contributed by atoms with E-state index >= 15 is 0 Å². The zero-order valence-corrected chi connectivity index (χ0v) is 11.3. The maximum atomic E-state index is 4.18. The summed E-state index contributed by atoms with van der Waals surface area (Å²) in [6, 6.07) is 0. The van der Waals surface area contributed by atoms with Gasteiger partial charge in [0, 0.05) is 0 Å². The quantitative estimate of drug-likeness (QED) is 0.358. The Labute approximate surface area is 107 Å². The van der Waals surface area contributed by atoms with Crippen molar-refractivity contribution in [2.24, 2.45) is 9.98 Å². The van der Waals surface area contributed by atoms with Gasteiger partial charge in [-0.2, -0.15) is 0 Å². The highest BCUT2D eigenvalue weighted by Crippen LogP contribution is 2.17. The third kappa shape index (κ3) is 8.00. The molecular weight excluding hydrogens is 208 g/mol. The molecule has 0 spiro atoms. The summed E-state index contributed by atoms with van der Waals surface area (Å²) in [6.07, 6.45) is 19.5. The van der Waals surface area contributed by atoms with Crippen LogP contribution in [0.2, 0.25) is 0 Å². The SMILES string of the molecule is CCCCCCCCCCCC[C+]1N=CC=N1. The van der Waals surface area contributed by atoms with Crippen LogP contribution in [-0.2, 0) is 0 Å². The molecule has 0 fully saturated rings. The zero-order valence-electron chi connectivity index (χ0n) is 11.3. The van der Waals surface area contributed by atoms with E-state index in [1.807, 2.05) is 0 Å². The summed E-state index contributed by atoms with van der Waals surface area (Å²) in [5.41, 5.74) is 0. The molecule has 0 saturated carbocycles. The molecule has 0 N–H and O–H groups in total. The second-order valence-electron chi connectivity index (χ2n) is 4.90. The molecule has 0 atom stereocenters. The summed E-state index contributed by atoms with van der Waals surface area (Å²) in [7, 11) is 0. The molecule has 2 heteroatoms. The van der Waals surface area contributed by atoms with Crippen molar-refractivity contribution in [3.63, 3.8) is 0 Å². The topological polar surface area (TPSA) is 24.7 Å². The van der Waals surface area contributed by atoms with Crippen LogP contribution in [0.15, 0.2) is 9.98 Å². The molecule has 1 heterocycles. The molecule has 0 saturated heterocycles. The molecule has 0 aromatic carbocycles. The van der Waals surface area contributed by atoms with E-state index in [-0.39, 0.29) is 0 Å². The Kier molecular flexibility index (Phi) is 8.71. The largest absolute Gasteiger partial charge is 0.240 e. The van der Waals surface area contributed by atoms with E-state index < -0.39 is 0 Å². The van der Waals surface area contributed by atoms with Crippen molar-refractivity contribution in [2.75, 3.05) is 0 Å². The number of aliphatic imine (C=N–C) groups is 2. The summed E-state index contributed by atoms with van der Waals surface area (Å²) in [5, 5.41) is 0. The molecule has 0 radical (unpaired) electrons. The summed E-state index contributed by atoms with van der Waals surface area (Å²) < 4.78 is 0. The van der Waals surface area contributed by atoms with Crippen molar-refractivity contribution in [1.29, 1.82) is 0 Å². The normalized spacial score (nSPS) is 13.8. The average molecular weight is 235 g/mol. The van der Waals surface area contributed by atoms with E-state index in [2.05, 4.69) is 16.9 Å². The molecule has 2 nitrogen and oxygen atoms in total. The van der Waals surface area contributed by atoms with Crippen LogP contribution >= 0.6 is 0 Å². The highest BCUT2D eigenvalue weighted by atomic mass is 15.0. The third-order valence-corrected chi connectivity index (χ3v) is 3.27. The highest BCUT2D eigenvalue weighted by molar-refractivity contribution is 6.18. The molecule has 17 heavy (non-hydrogen) atoms. The van der Waals surface area contributed by atoms with Gasteiger partial charge in [-0.15, -0.1) is 0 Å². The Hall–Kier alpha value is -0.790. The molecule has 0 aromatic rings. The van der Waals surface area contributed by atoms with E-state index in [9.17, 15) is 0 Å². The first-order valence-electron chi connectivity index (χ1n) is 7.36. The van der Waals surface area contributed by atoms with E-state index in [0.717, 1.165) is 12.6 Å². The van der Waals surface area contributed by atoms with E-state index in [1.165, 1.54) is 64.2 Å². The molecule has 1 aliphatic heterocycles. The number of hydrogen-bond donors (Lipinski definition) is 0. The molecule has 0 amide bonds. The first-order chi connectivity index (χ1) is 8.43. The average Bonchev–Trinajstić information content (AvgIpc) is 2.85. The lowest BCUT2D eigenvalue weighted by Gasteiger charge is -2.01. The van der Waals surface area contributed by atoms with Crippen molar-refractivity contribution >= 4 is 12.4 Å². The Morgan fingerprint density at radius 3 is 1.71 bits per heavy atom. The van der Waals surface area contributed by atoms with Crippen molar-refractivity contribution < 1.29 is 0 Å². The van der Waals surface area contributed by atoms with E-state index in [0.29, 0.717) is 0 Å². The van der Waals surface area contributed by atoms with Crippen molar-refractivity contribution in [3.8, 4) is 0 Å². The molecule has 1 rings (SSSR count). The van der Waals surface area contributed by atoms with Crippen LogP contribution in [0.25, 0.3) is 0 Å². The number of nitrogens with zero attached hydrogens (tertiary/aromatic N) is 2. The molecule has 96 valence electrons. The van der Waals surface area contributed by atoms with Gasteiger partial charge in [0.25, 0.3) is 0 Å². The summed E-state index contributed by atoms with van der Waals surface area (Å²) in [5.74, 6) is 0. The van der Waals surface area contributed by atoms with Gasteiger partial charge in [0.15, 0.2) is 12.4 Å². The standard InChI is InChI=1S/C15H27N2/c1-2-3-4-5-6-7-8-9-10-11-12-15-16-13-14-17-15/h13-14H,2-12H2,1H3/q+1. The number of rotatable bonds is 11. The minimum absolute atomic E-state index is 1.02. The van der Waals surface area contributed by atoms with Gasteiger partial charge >= 0.3 is 0 Å². The summed E-state index contributed by atoms with van der Waals surface area (Å²) in [4.78, 5) is 8.36. The molecule has 0 aliphatic carbocycles. The Morgan fingerprint density at radius 1 is 0.706 bits per heavy atom. The van der Waals surface area contributed by atoms with Crippen molar-refractivity contribution in [1.82, 2.24) is 0 Å². The van der Waals surface area contributed by atoms with Gasteiger partial charge < -0.3 is 0 Å². The maximum Gasteiger partial charge on any atom is 0.240 e. The van der Waals surface area contributed by atoms with Crippen LogP contribution in [0.4, 0.5) is 0 Å². The van der Waals surface area contributed by atoms with Gasteiger partial charge in [-0.1, -0.05) is 74.7 Å². The molecule has 1 aliphatic rings. The maximum absolute atomic E-state index is 4.18. The summed E-state index contributed by atoms with van der Waals surface area (Å²) >= 11 is 0. The lowest BCUT2D eigenvalue weighted by Crippen LogP contribution is -1.87. The van der Waals surface area contributed by atoms with Crippen LogP contribution in [0.3, 0.4) is 0 Å². The van der Waals surface area contributed by atoms with E-state index in [1.54, 1.807) is 12.4 Å². The van der Waals surface area contributed by atoms with E-state index in [4.69, 9.17) is 0 Å². The van der Waals surface area contributed by atoms with Crippen molar-refractivity contribution in [3.05, 3.63) is 6.17 Å². The van der Waals surface area contributed by atoms with Gasteiger partial charge in [0.2, 0.25) is 6.17 Å². The first kappa shape index (κ1) is 14.3. The fourth-order valence-electron chi connectivity index (χ4n) is 2.17. The smallest absolute Gasteiger partial charge is 0.0968 e. The predicted octanol–water partition coefficient (Wildman–Crippen LogP) is 4.94. The van der Waals surface area contributed by atoms with Crippen LogP contribution in [0.1, 0.15) is 77.6 Å². The summed E-state index contributed by atoms with van der Waals surface area (Å²) in [6.45, 7) is 2.27. The third-order valence-electron chi connectivity index (χ3n) is 3.27. The fourth-order valence-corrected chi connectivity index (χ4v) is 2.17. The van der Waals surface area contributed by atoms with Crippen LogP contribution in [-0.4, -0.2) is 12.4 Å². The number of unbranched alkanes of at least 4 members (excludes halogenated alkanes) is 9. The second-order valence-corrected chi connectivity index (χ2v) is 4.90. The van der Waals surface area contributed by atoms with Crippen molar-refractivity contribution in [2.45, 2.75) is 77.6 Å². The monoisotopic (exact) mass is 235 g/mol.